The van der Waals surface area contributed by atoms with E-state index in [1.54, 1.807) is 24.3 Å². The summed E-state index contributed by atoms with van der Waals surface area (Å²) in [6.45, 7) is -0.530. The Labute approximate surface area is 139 Å². The number of hydrogen-bond acceptors (Lipinski definition) is 3. The molecule has 1 amide bonds. The van der Waals surface area contributed by atoms with Crippen molar-refractivity contribution >= 4 is 45.1 Å². The van der Waals surface area contributed by atoms with Gasteiger partial charge in [0.1, 0.15) is 5.82 Å². The third-order valence-corrected chi connectivity index (χ3v) is 3.32. The van der Waals surface area contributed by atoms with Gasteiger partial charge in [0.15, 0.2) is 6.61 Å². The Morgan fingerprint density at radius 2 is 2.00 bits per heavy atom. The molecule has 0 aromatic heterocycles. The van der Waals surface area contributed by atoms with Gasteiger partial charge in [-0.05, 0) is 36.4 Å². The van der Waals surface area contributed by atoms with Crippen molar-refractivity contribution in [3.63, 3.8) is 0 Å². The van der Waals surface area contributed by atoms with E-state index in [0.29, 0.717) is 15.2 Å². The number of esters is 1. The average Bonchev–Trinajstić information content (AvgIpc) is 2.47. The molecule has 2 aromatic carbocycles. The molecule has 0 aliphatic carbocycles. The summed E-state index contributed by atoms with van der Waals surface area (Å²) < 4.78 is 18.8. The molecule has 4 nitrogen and oxygen atoms in total. The van der Waals surface area contributed by atoms with Crippen molar-refractivity contribution in [2.75, 3.05) is 11.9 Å². The third kappa shape index (κ3) is 4.54. The Morgan fingerprint density at radius 3 is 2.73 bits per heavy atom. The van der Waals surface area contributed by atoms with Crippen LogP contribution in [0.15, 0.2) is 46.9 Å². The smallest absolute Gasteiger partial charge is 0.341 e. The number of hydrogen-bond donors (Lipinski definition) is 1. The summed E-state index contributed by atoms with van der Waals surface area (Å²) in [5, 5.41) is 2.98. The quantitative estimate of drug-likeness (QED) is 0.807. The summed E-state index contributed by atoms with van der Waals surface area (Å²) in [5.74, 6) is -2.19. The molecule has 2 aromatic rings. The lowest BCUT2D eigenvalue weighted by Crippen LogP contribution is -2.21. The predicted molar refractivity (Wildman–Crippen MR) is 84.5 cm³/mol. The Balaban J connectivity index is 1.93. The molecule has 0 atom stereocenters. The second-order valence-corrected chi connectivity index (χ2v) is 5.61. The van der Waals surface area contributed by atoms with Crippen LogP contribution in [-0.4, -0.2) is 18.5 Å². The predicted octanol–water partition coefficient (Wildman–Crippen LogP) is 4.04. The van der Waals surface area contributed by atoms with Gasteiger partial charge in [-0.2, -0.15) is 0 Å². The van der Waals surface area contributed by atoms with Crippen molar-refractivity contribution in [1.29, 1.82) is 0 Å². The first-order valence-corrected chi connectivity index (χ1v) is 7.30. The van der Waals surface area contributed by atoms with Crippen LogP contribution in [0.2, 0.25) is 5.02 Å². The fourth-order valence-corrected chi connectivity index (χ4v) is 2.18. The number of rotatable bonds is 4. The summed E-state index contributed by atoms with van der Waals surface area (Å²) in [6.07, 6.45) is 0. The van der Waals surface area contributed by atoms with Crippen molar-refractivity contribution in [3.05, 3.63) is 63.3 Å². The van der Waals surface area contributed by atoms with Gasteiger partial charge in [0.25, 0.3) is 5.91 Å². The zero-order valence-electron chi connectivity index (χ0n) is 11.1. The maximum atomic E-state index is 13.5. The van der Waals surface area contributed by atoms with Crippen molar-refractivity contribution < 1.29 is 18.7 Å². The molecule has 7 heteroatoms. The summed E-state index contributed by atoms with van der Waals surface area (Å²) in [5.41, 5.74) is 0.229. The van der Waals surface area contributed by atoms with E-state index in [4.69, 9.17) is 16.3 Å². The summed E-state index contributed by atoms with van der Waals surface area (Å²) in [7, 11) is 0. The molecule has 0 aliphatic heterocycles. The highest BCUT2D eigenvalue weighted by Gasteiger charge is 2.15. The average molecular weight is 387 g/mol. The lowest BCUT2D eigenvalue weighted by Gasteiger charge is -2.07. The van der Waals surface area contributed by atoms with Crippen LogP contribution in [0.4, 0.5) is 10.1 Å². The fourth-order valence-electron chi connectivity index (χ4n) is 1.63. The highest BCUT2D eigenvalue weighted by Crippen LogP contribution is 2.17. The van der Waals surface area contributed by atoms with Crippen LogP contribution < -0.4 is 5.32 Å². The molecule has 2 rings (SSSR count). The zero-order valence-corrected chi connectivity index (χ0v) is 13.4. The van der Waals surface area contributed by atoms with Crippen LogP contribution in [-0.2, 0) is 9.53 Å². The molecule has 0 saturated heterocycles. The molecular formula is C15H10BrClFNO3. The van der Waals surface area contributed by atoms with Crippen LogP contribution in [0.3, 0.4) is 0 Å². The van der Waals surface area contributed by atoms with Gasteiger partial charge in [-0.15, -0.1) is 0 Å². The standard InChI is InChI=1S/C15H10BrClFNO3/c16-9-4-5-13(18)12(6-9)15(21)22-8-14(20)19-11-3-1-2-10(17)7-11/h1-7H,8H2,(H,19,20). The van der Waals surface area contributed by atoms with Gasteiger partial charge < -0.3 is 10.1 Å². The van der Waals surface area contributed by atoms with Crippen molar-refractivity contribution in [2.45, 2.75) is 0 Å². The summed E-state index contributed by atoms with van der Waals surface area (Å²) in [6, 6.07) is 10.4. The normalized spacial score (nSPS) is 10.1. The molecule has 0 bridgehead atoms. The number of anilines is 1. The van der Waals surface area contributed by atoms with Gasteiger partial charge >= 0.3 is 5.97 Å². The van der Waals surface area contributed by atoms with Crippen LogP contribution in [0.1, 0.15) is 10.4 Å². The van der Waals surface area contributed by atoms with Crippen LogP contribution in [0.25, 0.3) is 0 Å². The fraction of sp³-hybridized carbons (Fsp3) is 0.0667. The highest BCUT2D eigenvalue weighted by molar-refractivity contribution is 9.10. The molecule has 0 spiro atoms. The van der Waals surface area contributed by atoms with Crippen LogP contribution >= 0.6 is 27.5 Å². The van der Waals surface area contributed by atoms with Crippen molar-refractivity contribution in [2.24, 2.45) is 0 Å². The Kier molecular flexibility index (Phi) is 5.51. The Bertz CT molecular complexity index is 724. The van der Waals surface area contributed by atoms with E-state index < -0.39 is 24.3 Å². The van der Waals surface area contributed by atoms with E-state index in [0.717, 1.165) is 6.07 Å². The second kappa shape index (κ2) is 7.38. The van der Waals surface area contributed by atoms with Gasteiger partial charge in [0, 0.05) is 15.2 Å². The Hall–Kier alpha value is -1.92. The maximum Gasteiger partial charge on any atom is 0.341 e. The topological polar surface area (TPSA) is 55.4 Å². The van der Waals surface area contributed by atoms with E-state index in [1.807, 2.05) is 0 Å². The lowest BCUT2D eigenvalue weighted by atomic mass is 10.2. The molecule has 0 unspecified atom stereocenters. The first-order valence-electron chi connectivity index (χ1n) is 6.13. The monoisotopic (exact) mass is 385 g/mol. The molecule has 1 N–H and O–H groups in total. The van der Waals surface area contributed by atoms with Gasteiger partial charge in [0.05, 0.1) is 5.56 Å². The number of halogens is 3. The molecule has 0 aliphatic rings. The molecule has 114 valence electrons. The first kappa shape index (κ1) is 16.5. The zero-order chi connectivity index (χ0) is 16.1. The minimum Gasteiger partial charge on any atom is -0.452 e. The molecule has 0 heterocycles. The number of nitrogens with one attached hydrogen (secondary N) is 1. The van der Waals surface area contributed by atoms with Crippen LogP contribution in [0.5, 0.6) is 0 Å². The van der Waals surface area contributed by atoms with E-state index in [2.05, 4.69) is 21.2 Å². The van der Waals surface area contributed by atoms with Gasteiger partial charge in [-0.25, -0.2) is 9.18 Å². The highest BCUT2D eigenvalue weighted by atomic mass is 79.9. The molecular weight excluding hydrogens is 377 g/mol. The molecule has 22 heavy (non-hydrogen) atoms. The molecule has 0 radical (unpaired) electrons. The van der Waals surface area contributed by atoms with Crippen molar-refractivity contribution in [1.82, 2.24) is 0 Å². The maximum absolute atomic E-state index is 13.5. The second-order valence-electron chi connectivity index (χ2n) is 4.26. The minimum absolute atomic E-state index is 0.245. The molecule has 0 saturated carbocycles. The first-order chi connectivity index (χ1) is 10.5. The number of carbonyl (C=O) groups is 2. The minimum atomic E-state index is -0.917. The SMILES string of the molecule is O=C(COC(=O)c1cc(Br)ccc1F)Nc1cccc(Cl)c1. The van der Waals surface area contributed by atoms with E-state index in [9.17, 15) is 14.0 Å². The number of ether oxygens (including phenoxy) is 1. The van der Waals surface area contributed by atoms with Crippen molar-refractivity contribution in [3.8, 4) is 0 Å². The van der Waals surface area contributed by atoms with Gasteiger partial charge in [0.2, 0.25) is 0 Å². The van der Waals surface area contributed by atoms with Crippen LogP contribution in [0, 0.1) is 5.82 Å². The van der Waals surface area contributed by atoms with E-state index in [-0.39, 0.29) is 5.56 Å². The summed E-state index contributed by atoms with van der Waals surface area (Å²) >= 11 is 8.91. The number of carbonyl (C=O) groups excluding carboxylic acids is 2. The summed E-state index contributed by atoms with van der Waals surface area (Å²) in [4.78, 5) is 23.4. The van der Waals surface area contributed by atoms with Gasteiger partial charge in [-0.3, -0.25) is 4.79 Å². The molecule has 0 fully saturated rings. The van der Waals surface area contributed by atoms with E-state index in [1.165, 1.54) is 12.1 Å². The van der Waals surface area contributed by atoms with Gasteiger partial charge in [-0.1, -0.05) is 33.6 Å². The van der Waals surface area contributed by atoms with E-state index >= 15 is 0 Å². The lowest BCUT2D eigenvalue weighted by molar-refractivity contribution is -0.119. The number of amides is 1. The Morgan fingerprint density at radius 1 is 1.23 bits per heavy atom. The largest absolute Gasteiger partial charge is 0.452 e. The number of benzene rings is 2. The third-order valence-electron chi connectivity index (χ3n) is 2.59.